The smallest absolute Gasteiger partial charge is 0.248 e. The summed E-state index contributed by atoms with van der Waals surface area (Å²) in [6.07, 6.45) is 2.20. The molecule has 0 aliphatic heterocycles. The summed E-state index contributed by atoms with van der Waals surface area (Å²) in [6, 6.07) is 0. The van der Waals surface area contributed by atoms with E-state index in [1.165, 1.54) is 0 Å². The molecular weight excluding hydrogens is 174 g/mol. The minimum Gasteiger partial charge on any atom is -0.393 e. The van der Waals surface area contributed by atoms with Crippen molar-refractivity contribution in [2.45, 2.75) is 57.5 Å². The van der Waals surface area contributed by atoms with Crippen molar-refractivity contribution >= 4 is 0 Å². The molecular formula is C10H18F2O. The molecule has 2 atom stereocenters. The van der Waals surface area contributed by atoms with Gasteiger partial charge in [0.05, 0.1) is 6.10 Å². The molecule has 0 radical (unpaired) electrons. The van der Waals surface area contributed by atoms with Gasteiger partial charge >= 0.3 is 0 Å². The first-order valence-corrected chi connectivity index (χ1v) is 5.11. The van der Waals surface area contributed by atoms with Gasteiger partial charge in [0.2, 0.25) is 5.92 Å². The third-order valence-electron chi connectivity index (χ3n) is 2.81. The van der Waals surface area contributed by atoms with E-state index in [4.69, 9.17) is 0 Å². The number of hydrogen-bond donors (Lipinski definition) is 1. The van der Waals surface area contributed by atoms with Crippen LogP contribution >= 0.6 is 0 Å². The molecule has 13 heavy (non-hydrogen) atoms. The maximum absolute atomic E-state index is 12.9. The lowest BCUT2D eigenvalue weighted by atomic mass is 9.82. The Hall–Kier alpha value is -0.180. The zero-order chi connectivity index (χ0) is 9.90. The van der Waals surface area contributed by atoms with E-state index in [9.17, 15) is 13.9 Å². The van der Waals surface area contributed by atoms with Crippen molar-refractivity contribution in [3.05, 3.63) is 0 Å². The fourth-order valence-corrected chi connectivity index (χ4v) is 2.07. The van der Waals surface area contributed by atoms with Crippen molar-refractivity contribution in [1.82, 2.24) is 0 Å². The molecule has 1 rings (SSSR count). The number of hydrogen-bond acceptors (Lipinski definition) is 1. The van der Waals surface area contributed by atoms with Crippen molar-refractivity contribution in [2.24, 2.45) is 5.92 Å². The highest BCUT2D eigenvalue weighted by atomic mass is 19.3. The van der Waals surface area contributed by atoms with Gasteiger partial charge in [-0.3, -0.25) is 0 Å². The predicted octanol–water partition coefficient (Wildman–Crippen LogP) is 2.97. The van der Waals surface area contributed by atoms with Crippen LogP contribution in [0.4, 0.5) is 8.78 Å². The highest BCUT2D eigenvalue weighted by Gasteiger charge is 2.38. The summed E-state index contributed by atoms with van der Waals surface area (Å²) >= 11 is 0. The van der Waals surface area contributed by atoms with Gasteiger partial charge in [-0.1, -0.05) is 13.3 Å². The Kier molecular flexibility index (Phi) is 3.65. The molecule has 0 saturated heterocycles. The number of alkyl halides is 2. The lowest BCUT2D eigenvalue weighted by molar-refractivity contribution is -0.0764. The summed E-state index contributed by atoms with van der Waals surface area (Å²) in [7, 11) is 0. The zero-order valence-electron chi connectivity index (χ0n) is 8.10. The Bertz CT molecular complexity index is 159. The van der Waals surface area contributed by atoms with E-state index in [2.05, 4.69) is 0 Å². The maximum atomic E-state index is 12.9. The second-order valence-electron chi connectivity index (χ2n) is 4.07. The number of halogens is 2. The molecule has 0 aromatic carbocycles. The Morgan fingerprint density at radius 1 is 1.54 bits per heavy atom. The van der Waals surface area contributed by atoms with Gasteiger partial charge in [0.15, 0.2) is 0 Å². The summed E-state index contributed by atoms with van der Waals surface area (Å²) in [5.74, 6) is -2.71. The third-order valence-corrected chi connectivity index (χ3v) is 2.81. The van der Waals surface area contributed by atoms with Crippen LogP contribution in [0.5, 0.6) is 0 Å². The molecule has 1 aliphatic carbocycles. The van der Waals surface area contributed by atoms with Crippen LogP contribution in [0.1, 0.15) is 45.4 Å². The molecule has 0 bridgehead atoms. The summed E-state index contributed by atoms with van der Waals surface area (Å²) in [5, 5.41) is 9.57. The molecule has 1 nitrogen and oxygen atoms in total. The quantitative estimate of drug-likeness (QED) is 0.728. The minimum atomic E-state index is -2.53. The Morgan fingerprint density at radius 2 is 2.23 bits per heavy atom. The molecule has 1 saturated carbocycles. The molecule has 0 amide bonds. The van der Waals surface area contributed by atoms with Gasteiger partial charge in [-0.05, 0) is 25.2 Å². The average molecular weight is 192 g/mol. The molecule has 3 heteroatoms. The molecule has 0 heterocycles. The Labute approximate surface area is 78.1 Å². The van der Waals surface area contributed by atoms with Crippen molar-refractivity contribution in [2.75, 3.05) is 0 Å². The molecule has 0 aromatic rings. The highest BCUT2D eigenvalue weighted by molar-refractivity contribution is 4.82. The van der Waals surface area contributed by atoms with Gasteiger partial charge in [-0.25, -0.2) is 8.78 Å². The van der Waals surface area contributed by atoms with Gasteiger partial charge in [-0.2, -0.15) is 0 Å². The van der Waals surface area contributed by atoms with Crippen LogP contribution in [-0.2, 0) is 0 Å². The molecule has 0 aromatic heterocycles. The first kappa shape index (κ1) is 10.9. The topological polar surface area (TPSA) is 20.2 Å². The number of rotatable bonds is 3. The van der Waals surface area contributed by atoms with Gasteiger partial charge in [0.25, 0.3) is 0 Å². The Balaban J connectivity index is 2.42. The molecule has 0 spiro atoms. The van der Waals surface area contributed by atoms with Crippen LogP contribution in [0.25, 0.3) is 0 Å². The van der Waals surface area contributed by atoms with E-state index >= 15 is 0 Å². The lowest BCUT2D eigenvalue weighted by Crippen LogP contribution is -2.32. The van der Waals surface area contributed by atoms with Crippen LogP contribution in [0.15, 0.2) is 0 Å². The normalized spacial score (nSPS) is 30.0. The molecule has 78 valence electrons. The first-order valence-electron chi connectivity index (χ1n) is 5.11. The first-order chi connectivity index (χ1) is 6.05. The van der Waals surface area contributed by atoms with Crippen molar-refractivity contribution in [3.8, 4) is 0 Å². The maximum Gasteiger partial charge on any atom is 0.248 e. The highest BCUT2D eigenvalue weighted by Crippen LogP contribution is 2.38. The van der Waals surface area contributed by atoms with Gasteiger partial charge in [0, 0.05) is 12.8 Å². The standard InChI is InChI=1S/C10H18F2O/c1-2-4-9(13)8-5-3-6-10(11,12)7-8/h8-9,13H,2-7H2,1H3. The number of aliphatic hydroxyl groups is 1. The van der Waals surface area contributed by atoms with Crippen molar-refractivity contribution < 1.29 is 13.9 Å². The molecule has 2 unspecified atom stereocenters. The van der Waals surface area contributed by atoms with Crippen LogP contribution in [0, 0.1) is 5.92 Å². The van der Waals surface area contributed by atoms with E-state index in [1.807, 2.05) is 6.92 Å². The van der Waals surface area contributed by atoms with Crippen molar-refractivity contribution in [1.29, 1.82) is 0 Å². The summed E-state index contributed by atoms with van der Waals surface area (Å²) in [4.78, 5) is 0. The van der Waals surface area contributed by atoms with E-state index in [0.29, 0.717) is 12.8 Å². The fourth-order valence-electron chi connectivity index (χ4n) is 2.07. The van der Waals surface area contributed by atoms with E-state index < -0.39 is 12.0 Å². The van der Waals surface area contributed by atoms with Crippen molar-refractivity contribution in [3.63, 3.8) is 0 Å². The lowest BCUT2D eigenvalue weighted by Gasteiger charge is -2.31. The average Bonchev–Trinajstić information content (AvgIpc) is 2.03. The molecule has 1 aliphatic rings. The summed E-state index contributed by atoms with van der Waals surface area (Å²) < 4.78 is 25.9. The fraction of sp³-hybridized carbons (Fsp3) is 1.00. The van der Waals surface area contributed by atoms with Gasteiger partial charge < -0.3 is 5.11 Å². The van der Waals surface area contributed by atoms with E-state index in [0.717, 1.165) is 12.8 Å². The predicted molar refractivity (Wildman–Crippen MR) is 47.8 cm³/mol. The van der Waals surface area contributed by atoms with Crippen LogP contribution in [-0.4, -0.2) is 17.1 Å². The third kappa shape index (κ3) is 3.22. The second-order valence-corrected chi connectivity index (χ2v) is 4.07. The SMILES string of the molecule is CCCC(O)C1CCCC(F)(F)C1. The van der Waals surface area contributed by atoms with Gasteiger partial charge in [0.1, 0.15) is 0 Å². The van der Waals surface area contributed by atoms with Crippen LogP contribution in [0.3, 0.4) is 0 Å². The zero-order valence-corrected chi connectivity index (χ0v) is 8.10. The second kappa shape index (κ2) is 4.36. The summed E-state index contributed by atoms with van der Waals surface area (Å²) in [5.41, 5.74) is 0. The molecule has 1 fully saturated rings. The van der Waals surface area contributed by atoms with Crippen LogP contribution < -0.4 is 0 Å². The van der Waals surface area contributed by atoms with E-state index in [1.54, 1.807) is 0 Å². The van der Waals surface area contributed by atoms with Gasteiger partial charge in [-0.15, -0.1) is 0 Å². The largest absolute Gasteiger partial charge is 0.393 e. The number of aliphatic hydroxyl groups excluding tert-OH is 1. The van der Waals surface area contributed by atoms with Crippen LogP contribution in [0.2, 0.25) is 0 Å². The monoisotopic (exact) mass is 192 g/mol. The summed E-state index contributed by atoms with van der Waals surface area (Å²) in [6.45, 7) is 1.96. The van der Waals surface area contributed by atoms with E-state index in [-0.39, 0.29) is 18.8 Å². The Morgan fingerprint density at radius 3 is 2.77 bits per heavy atom. The minimum absolute atomic E-state index is 0.00233. The molecule has 1 N–H and O–H groups in total.